The molecule has 0 spiro atoms. The fraction of sp³-hybridized carbons (Fsp3) is 0.636. The van der Waals surface area contributed by atoms with Gasteiger partial charge < -0.3 is 15.1 Å². The summed E-state index contributed by atoms with van der Waals surface area (Å²) < 4.78 is 1.37. The molecule has 2 amide bonds. The first-order chi connectivity index (χ1) is 14.9. The van der Waals surface area contributed by atoms with Gasteiger partial charge in [-0.05, 0) is 51.8 Å². The van der Waals surface area contributed by atoms with Crippen LogP contribution < -0.4 is 10.9 Å². The Morgan fingerprint density at radius 2 is 2.03 bits per heavy atom. The Kier molecular flexibility index (Phi) is 7.83. The molecule has 0 aliphatic carbocycles. The number of piperidine rings is 1. The maximum Gasteiger partial charge on any atom is 0.262 e. The summed E-state index contributed by atoms with van der Waals surface area (Å²) in [7, 11) is 0. The summed E-state index contributed by atoms with van der Waals surface area (Å²) in [6.07, 6.45) is 4.55. The second-order valence-corrected chi connectivity index (χ2v) is 9.13. The van der Waals surface area contributed by atoms with Crippen LogP contribution in [0.3, 0.4) is 0 Å². The molecule has 0 aromatic carbocycles. The van der Waals surface area contributed by atoms with E-state index in [1.807, 2.05) is 4.90 Å². The third-order valence-electron chi connectivity index (χ3n) is 6.16. The smallest absolute Gasteiger partial charge is 0.262 e. The number of fused-ring (bicyclic) bond motifs is 1. The Morgan fingerprint density at radius 3 is 2.71 bits per heavy atom. The van der Waals surface area contributed by atoms with Gasteiger partial charge in [0.05, 0.1) is 16.6 Å². The van der Waals surface area contributed by atoms with Crippen LogP contribution in [0.15, 0.2) is 11.1 Å². The Hall–Kier alpha value is -2.26. The average Bonchev–Trinajstić information content (AvgIpc) is 3.10. The molecular formula is C22H33N5O3S. The number of aromatic nitrogens is 2. The number of carbonyl (C=O) groups is 2. The van der Waals surface area contributed by atoms with Gasteiger partial charge in [-0.15, -0.1) is 11.3 Å². The van der Waals surface area contributed by atoms with Gasteiger partial charge in [0.15, 0.2) is 0 Å². The second kappa shape index (κ2) is 10.4. The van der Waals surface area contributed by atoms with Gasteiger partial charge >= 0.3 is 0 Å². The van der Waals surface area contributed by atoms with Gasteiger partial charge in [-0.3, -0.25) is 19.0 Å². The SMILES string of the molecule is CCN(CC)CCNC(=O)c1sc2ncn(CC(=O)N3CCCCC3C)c(=O)c2c1C. The van der Waals surface area contributed by atoms with E-state index in [4.69, 9.17) is 0 Å². The molecule has 0 radical (unpaired) electrons. The van der Waals surface area contributed by atoms with E-state index in [2.05, 4.69) is 36.0 Å². The van der Waals surface area contributed by atoms with Crippen molar-refractivity contribution in [3.63, 3.8) is 0 Å². The fourth-order valence-corrected chi connectivity index (χ4v) is 5.20. The normalized spacial score (nSPS) is 16.8. The van der Waals surface area contributed by atoms with E-state index in [1.54, 1.807) is 6.92 Å². The molecule has 1 aliphatic heterocycles. The van der Waals surface area contributed by atoms with Gasteiger partial charge in [0.2, 0.25) is 5.91 Å². The number of hydrogen-bond donors (Lipinski definition) is 1. The molecule has 1 N–H and O–H groups in total. The Labute approximate surface area is 187 Å². The van der Waals surface area contributed by atoms with Gasteiger partial charge in [-0.25, -0.2) is 4.98 Å². The number of nitrogens with one attached hydrogen (secondary N) is 1. The number of hydrogen-bond acceptors (Lipinski definition) is 6. The molecule has 8 nitrogen and oxygen atoms in total. The maximum atomic E-state index is 13.1. The van der Waals surface area contributed by atoms with Crippen molar-refractivity contribution in [2.24, 2.45) is 0 Å². The molecule has 0 saturated carbocycles. The second-order valence-electron chi connectivity index (χ2n) is 8.13. The Balaban J connectivity index is 1.76. The lowest BCUT2D eigenvalue weighted by Gasteiger charge is -2.33. The number of amides is 2. The molecule has 1 unspecified atom stereocenters. The standard InChI is InChI=1S/C22H33N5O3S/c1-5-25(6-2)12-10-23-20(29)19-16(4)18-21(31-19)24-14-26(22(18)30)13-17(28)27-11-8-7-9-15(27)3/h14-15H,5-13H2,1-4H3,(H,23,29). The number of nitrogens with zero attached hydrogens (tertiary/aromatic N) is 4. The van der Waals surface area contributed by atoms with Crippen molar-refractivity contribution in [3.05, 3.63) is 27.1 Å². The van der Waals surface area contributed by atoms with Crippen LogP contribution in [-0.2, 0) is 11.3 Å². The average molecular weight is 448 g/mol. The molecule has 3 rings (SSSR count). The predicted molar refractivity (Wildman–Crippen MR) is 124 cm³/mol. The summed E-state index contributed by atoms with van der Waals surface area (Å²) in [5.74, 6) is -0.241. The van der Waals surface area contributed by atoms with Crippen molar-refractivity contribution in [3.8, 4) is 0 Å². The van der Waals surface area contributed by atoms with Crippen LogP contribution in [0.25, 0.3) is 10.2 Å². The summed E-state index contributed by atoms with van der Waals surface area (Å²) >= 11 is 1.23. The minimum absolute atomic E-state index is 0.0210. The first-order valence-corrected chi connectivity index (χ1v) is 12.0. The monoisotopic (exact) mass is 447 g/mol. The Bertz CT molecular complexity index is 995. The van der Waals surface area contributed by atoms with E-state index in [1.165, 1.54) is 22.2 Å². The molecule has 1 atom stereocenters. The molecule has 31 heavy (non-hydrogen) atoms. The zero-order chi connectivity index (χ0) is 22.5. The maximum absolute atomic E-state index is 13.1. The van der Waals surface area contributed by atoms with Crippen molar-refractivity contribution in [2.75, 3.05) is 32.7 Å². The van der Waals surface area contributed by atoms with Crippen LogP contribution >= 0.6 is 11.3 Å². The number of thiophene rings is 1. The van der Waals surface area contributed by atoms with Crippen LogP contribution in [0.1, 0.15) is 55.3 Å². The third-order valence-corrected chi connectivity index (χ3v) is 7.36. The quantitative estimate of drug-likeness (QED) is 0.671. The van der Waals surface area contributed by atoms with Crippen molar-refractivity contribution in [2.45, 2.75) is 59.5 Å². The molecule has 2 aromatic rings. The topological polar surface area (TPSA) is 87.5 Å². The number of rotatable bonds is 8. The van der Waals surface area contributed by atoms with Crippen molar-refractivity contribution < 1.29 is 9.59 Å². The zero-order valence-electron chi connectivity index (χ0n) is 18.9. The summed E-state index contributed by atoms with van der Waals surface area (Å²) in [6, 6.07) is 0.197. The zero-order valence-corrected chi connectivity index (χ0v) is 19.8. The van der Waals surface area contributed by atoms with E-state index < -0.39 is 0 Å². The third kappa shape index (κ3) is 5.15. The lowest BCUT2D eigenvalue weighted by Crippen LogP contribution is -2.44. The first-order valence-electron chi connectivity index (χ1n) is 11.2. The molecule has 1 aliphatic rings. The minimum Gasteiger partial charge on any atom is -0.350 e. The number of aryl methyl sites for hydroxylation is 1. The highest BCUT2D eigenvalue weighted by Crippen LogP contribution is 2.26. The lowest BCUT2D eigenvalue weighted by atomic mass is 10.0. The van der Waals surface area contributed by atoms with Crippen LogP contribution in [0.5, 0.6) is 0 Å². The minimum atomic E-state index is -0.265. The van der Waals surface area contributed by atoms with Crippen molar-refractivity contribution in [1.29, 1.82) is 0 Å². The largest absolute Gasteiger partial charge is 0.350 e. The van der Waals surface area contributed by atoms with Crippen LogP contribution in [0, 0.1) is 6.92 Å². The molecule has 170 valence electrons. The van der Waals surface area contributed by atoms with Gasteiger partial charge in [0, 0.05) is 25.7 Å². The lowest BCUT2D eigenvalue weighted by molar-refractivity contribution is -0.135. The number of likely N-dealkylation sites (tertiary alicyclic amines) is 1. The summed E-state index contributed by atoms with van der Waals surface area (Å²) in [4.78, 5) is 48.1. The van der Waals surface area contributed by atoms with E-state index >= 15 is 0 Å². The van der Waals surface area contributed by atoms with Gasteiger partial charge in [0.1, 0.15) is 11.4 Å². The fourth-order valence-electron chi connectivity index (χ4n) is 4.14. The molecule has 1 saturated heterocycles. The van der Waals surface area contributed by atoms with Crippen LogP contribution in [0.4, 0.5) is 0 Å². The van der Waals surface area contributed by atoms with Crippen molar-refractivity contribution >= 4 is 33.4 Å². The highest BCUT2D eigenvalue weighted by Gasteiger charge is 2.25. The molecule has 9 heteroatoms. The van der Waals surface area contributed by atoms with Crippen LogP contribution in [0.2, 0.25) is 0 Å². The summed E-state index contributed by atoms with van der Waals surface area (Å²) in [6.45, 7) is 11.9. The van der Waals surface area contributed by atoms with Gasteiger partial charge in [0.25, 0.3) is 11.5 Å². The van der Waals surface area contributed by atoms with E-state index in [0.717, 1.165) is 45.4 Å². The molecular weight excluding hydrogens is 414 g/mol. The van der Waals surface area contributed by atoms with E-state index in [-0.39, 0.29) is 30.0 Å². The van der Waals surface area contributed by atoms with Crippen LogP contribution in [-0.4, -0.2) is 69.9 Å². The molecule has 1 fully saturated rings. The van der Waals surface area contributed by atoms with E-state index in [9.17, 15) is 14.4 Å². The number of likely N-dealkylation sites (N-methyl/N-ethyl adjacent to an activating group) is 1. The highest BCUT2D eigenvalue weighted by atomic mass is 32.1. The highest BCUT2D eigenvalue weighted by molar-refractivity contribution is 7.20. The van der Waals surface area contributed by atoms with Gasteiger partial charge in [-0.1, -0.05) is 13.8 Å². The van der Waals surface area contributed by atoms with Gasteiger partial charge in [-0.2, -0.15) is 0 Å². The molecule has 2 aromatic heterocycles. The molecule has 3 heterocycles. The first kappa shape index (κ1) is 23.4. The number of carbonyl (C=O) groups excluding carboxylic acids is 2. The summed E-state index contributed by atoms with van der Waals surface area (Å²) in [5, 5.41) is 3.38. The molecule has 0 bridgehead atoms. The predicted octanol–water partition coefficient (Wildman–Crippen LogP) is 2.24. The van der Waals surface area contributed by atoms with E-state index in [0.29, 0.717) is 27.2 Å². The van der Waals surface area contributed by atoms with Crippen molar-refractivity contribution in [1.82, 2.24) is 24.7 Å². The summed E-state index contributed by atoms with van der Waals surface area (Å²) in [5.41, 5.74) is 0.366. The Morgan fingerprint density at radius 1 is 1.29 bits per heavy atom.